The smallest absolute Gasteiger partial charge is 0.224 e. The summed E-state index contributed by atoms with van der Waals surface area (Å²) in [6, 6.07) is 3.64. The molecule has 0 aliphatic heterocycles. The van der Waals surface area contributed by atoms with Gasteiger partial charge in [-0.1, -0.05) is 12.8 Å². The second-order valence-corrected chi connectivity index (χ2v) is 3.74. The van der Waals surface area contributed by atoms with E-state index >= 15 is 0 Å². The molecule has 0 aliphatic rings. The predicted molar refractivity (Wildman–Crippen MR) is 65.0 cm³/mol. The minimum absolute atomic E-state index is 0.0562. The molecule has 0 fully saturated rings. The minimum Gasteiger partial charge on any atom is -0.330 e. The van der Waals surface area contributed by atoms with Crippen molar-refractivity contribution in [3.05, 3.63) is 24.5 Å². The fourth-order valence-electron chi connectivity index (χ4n) is 1.44. The van der Waals surface area contributed by atoms with Crippen molar-refractivity contribution < 1.29 is 4.79 Å². The number of hydrogen-bond acceptors (Lipinski definition) is 3. The van der Waals surface area contributed by atoms with E-state index in [9.17, 15) is 4.79 Å². The van der Waals surface area contributed by atoms with Crippen LogP contribution in [0.5, 0.6) is 0 Å². The summed E-state index contributed by atoms with van der Waals surface area (Å²) in [5.74, 6) is 0.0562. The Hall–Kier alpha value is -1.42. The third-order valence-electron chi connectivity index (χ3n) is 2.30. The fourth-order valence-corrected chi connectivity index (χ4v) is 1.44. The normalized spacial score (nSPS) is 10.1. The number of nitrogens with zero attached hydrogens (tertiary/aromatic N) is 1. The first-order valence-corrected chi connectivity index (χ1v) is 5.73. The number of pyridine rings is 1. The van der Waals surface area contributed by atoms with Crippen molar-refractivity contribution in [2.75, 3.05) is 11.9 Å². The number of aromatic nitrogens is 1. The number of hydrogen-bond donors (Lipinski definition) is 2. The number of carbonyl (C=O) groups is 1. The standard InChI is InChI=1S/C12H19N3O/c13-8-4-2-1-3-7-12(16)15-11-6-5-9-14-10-11/h5-6,9-10H,1-4,7-8,13H2,(H,15,16). The molecule has 4 heteroatoms. The molecule has 0 saturated carbocycles. The summed E-state index contributed by atoms with van der Waals surface area (Å²) >= 11 is 0. The largest absolute Gasteiger partial charge is 0.330 e. The van der Waals surface area contributed by atoms with Crippen LogP contribution in [0.25, 0.3) is 0 Å². The van der Waals surface area contributed by atoms with E-state index in [0.29, 0.717) is 6.42 Å². The Kier molecular flexibility index (Phi) is 6.18. The van der Waals surface area contributed by atoms with Crippen LogP contribution in [-0.4, -0.2) is 17.4 Å². The second kappa shape index (κ2) is 7.82. The number of rotatable bonds is 7. The molecule has 0 unspecified atom stereocenters. The Morgan fingerprint density at radius 3 is 2.81 bits per heavy atom. The topological polar surface area (TPSA) is 68.0 Å². The van der Waals surface area contributed by atoms with Crippen LogP contribution in [-0.2, 0) is 4.79 Å². The van der Waals surface area contributed by atoms with Crippen LogP contribution in [0.1, 0.15) is 32.1 Å². The van der Waals surface area contributed by atoms with E-state index in [2.05, 4.69) is 10.3 Å². The van der Waals surface area contributed by atoms with E-state index in [-0.39, 0.29) is 5.91 Å². The minimum atomic E-state index is 0.0562. The summed E-state index contributed by atoms with van der Waals surface area (Å²) in [5, 5.41) is 2.81. The molecule has 16 heavy (non-hydrogen) atoms. The van der Waals surface area contributed by atoms with Gasteiger partial charge in [0, 0.05) is 12.6 Å². The van der Waals surface area contributed by atoms with Gasteiger partial charge in [-0.15, -0.1) is 0 Å². The summed E-state index contributed by atoms with van der Waals surface area (Å²) in [6.45, 7) is 0.738. The van der Waals surface area contributed by atoms with Crippen LogP contribution in [0, 0.1) is 0 Å². The molecular formula is C12H19N3O. The molecule has 3 N–H and O–H groups in total. The van der Waals surface area contributed by atoms with E-state index in [0.717, 1.165) is 37.9 Å². The first kappa shape index (κ1) is 12.6. The van der Waals surface area contributed by atoms with Gasteiger partial charge in [0.05, 0.1) is 11.9 Å². The highest BCUT2D eigenvalue weighted by Crippen LogP contribution is 2.06. The zero-order valence-electron chi connectivity index (χ0n) is 9.48. The fraction of sp³-hybridized carbons (Fsp3) is 0.500. The van der Waals surface area contributed by atoms with E-state index in [1.807, 2.05) is 6.07 Å². The summed E-state index contributed by atoms with van der Waals surface area (Å²) in [4.78, 5) is 15.4. The number of nitrogens with one attached hydrogen (secondary N) is 1. The molecule has 0 spiro atoms. The Labute approximate surface area is 96.3 Å². The molecule has 1 heterocycles. The van der Waals surface area contributed by atoms with Crippen molar-refractivity contribution in [2.24, 2.45) is 5.73 Å². The lowest BCUT2D eigenvalue weighted by Gasteiger charge is -2.04. The van der Waals surface area contributed by atoms with Crippen molar-refractivity contribution in [3.63, 3.8) is 0 Å². The SMILES string of the molecule is NCCCCCCC(=O)Nc1cccnc1. The lowest BCUT2D eigenvalue weighted by molar-refractivity contribution is -0.116. The molecule has 1 rings (SSSR count). The van der Waals surface area contributed by atoms with Gasteiger partial charge in [0.25, 0.3) is 0 Å². The van der Waals surface area contributed by atoms with Crippen molar-refractivity contribution in [1.29, 1.82) is 0 Å². The van der Waals surface area contributed by atoms with Crippen LogP contribution in [0.2, 0.25) is 0 Å². The molecule has 0 atom stereocenters. The average Bonchev–Trinajstić information content (AvgIpc) is 2.30. The highest BCUT2D eigenvalue weighted by atomic mass is 16.1. The molecule has 4 nitrogen and oxygen atoms in total. The Morgan fingerprint density at radius 1 is 1.31 bits per heavy atom. The molecule has 88 valence electrons. The van der Waals surface area contributed by atoms with Crippen molar-refractivity contribution in [2.45, 2.75) is 32.1 Å². The van der Waals surface area contributed by atoms with Crippen LogP contribution >= 0.6 is 0 Å². The molecule has 1 aromatic heterocycles. The van der Waals surface area contributed by atoms with Gasteiger partial charge in [-0.3, -0.25) is 9.78 Å². The first-order chi connectivity index (χ1) is 7.83. The summed E-state index contributed by atoms with van der Waals surface area (Å²) < 4.78 is 0. The highest BCUT2D eigenvalue weighted by molar-refractivity contribution is 5.90. The second-order valence-electron chi connectivity index (χ2n) is 3.74. The third kappa shape index (κ3) is 5.46. The molecule has 1 aromatic rings. The van der Waals surface area contributed by atoms with Crippen LogP contribution < -0.4 is 11.1 Å². The van der Waals surface area contributed by atoms with Gasteiger partial charge in [0.2, 0.25) is 5.91 Å². The molecular weight excluding hydrogens is 202 g/mol. The van der Waals surface area contributed by atoms with Gasteiger partial charge in [0.15, 0.2) is 0 Å². The van der Waals surface area contributed by atoms with Gasteiger partial charge in [0.1, 0.15) is 0 Å². The Morgan fingerprint density at radius 2 is 2.12 bits per heavy atom. The quantitative estimate of drug-likeness (QED) is 0.691. The molecule has 1 amide bonds. The molecule has 0 radical (unpaired) electrons. The summed E-state index contributed by atoms with van der Waals surface area (Å²) in [7, 11) is 0. The molecule has 0 aromatic carbocycles. The molecule has 0 bridgehead atoms. The van der Waals surface area contributed by atoms with Crippen LogP contribution in [0.3, 0.4) is 0 Å². The van der Waals surface area contributed by atoms with Crippen molar-refractivity contribution in [1.82, 2.24) is 4.98 Å². The zero-order valence-corrected chi connectivity index (χ0v) is 9.48. The maximum Gasteiger partial charge on any atom is 0.224 e. The van der Waals surface area contributed by atoms with Gasteiger partial charge in [-0.05, 0) is 31.5 Å². The average molecular weight is 221 g/mol. The van der Waals surface area contributed by atoms with Crippen LogP contribution in [0.4, 0.5) is 5.69 Å². The van der Waals surface area contributed by atoms with Gasteiger partial charge < -0.3 is 11.1 Å². The van der Waals surface area contributed by atoms with E-state index in [1.165, 1.54) is 0 Å². The van der Waals surface area contributed by atoms with Gasteiger partial charge in [-0.25, -0.2) is 0 Å². The predicted octanol–water partition coefficient (Wildman–Crippen LogP) is 1.93. The van der Waals surface area contributed by atoms with Gasteiger partial charge >= 0.3 is 0 Å². The summed E-state index contributed by atoms with van der Waals surface area (Å²) in [6.07, 6.45) is 8.04. The number of unbranched alkanes of at least 4 members (excludes halogenated alkanes) is 3. The van der Waals surface area contributed by atoms with Crippen molar-refractivity contribution >= 4 is 11.6 Å². The number of carbonyl (C=O) groups excluding carboxylic acids is 1. The lowest BCUT2D eigenvalue weighted by Crippen LogP contribution is -2.11. The molecule has 0 aliphatic carbocycles. The summed E-state index contributed by atoms with van der Waals surface area (Å²) in [5.41, 5.74) is 6.15. The Bertz CT molecular complexity index is 300. The molecule has 0 saturated heterocycles. The zero-order chi connectivity index (χ0) is 11.6. The van der Waals surface area contributed by atoms with E-state index in [4.69, 9.17) is 5.73 Å². The first-order valence-electron chi connectivity index (χ1n) is 5.73. The van der Waals surface area contributed by atoms with Crippen LogP contribution in [0.15, 0.2) is 24.5 Å². The van der Waals surface area contributed by atoms with Crippen molar-refractivity contribution in [3.8, 4) is 0 Å². The van der Waals surface area contributed by atoms with E-state index < -0.39 is 0 Å². The van der Waals surface area contributed by atoms with E-state index in [1.54, 1.807) is 18.5 Å². The van der Waals surface area contributed by atoms with Gasteiger partial charge in [-0.2, -0.15) is 0 Å². The number of nitrogens with two attached hydrogens (primary N) is 1. The maximum absolute atomic E-state index is 11.5. The number of anilines is 1. The third-order valence-corrected chi connectivity index (χ3v) is 2.30. The lowest BCUT2D eigenvalue weighted by atomic mass is 10.1. The highest BCUT2D eigenvalue weighted by Gasteiger charge is 2.01. The Balaban J connectivity index is 2.12. The number of amides is 1. The maximum atomic E-state index is 11.5. The monoisotopic (exact) mass is 221 g/mol.